The molecule has 0 rings (SSSR count). The largest absolute Gasteiger partial charge is 0.258 e. The van der Waals surface area contributed by atoms with Crippen LogP contribution in [0.2, 0.25) is 0 Å². The molecule has 0 unspecified atom stereocenters. The van der Waals surface area contributed by atoms with E-state index in [1.54, 1.807) is 17.4 Å². The Kier molecular flexibility index (Phi) is 4.66. The van der Waals surface area contributed by atoms with Gasteiger partial charge in [0.2, 0.25) is 0 Å². The van der Waals surface area contributed by atoms with Gasteiger partial charge in [-0.05, 0) is 15.9 Å². The molecule has 0 spiro atoms. The minimum Gasteiger partial charge on any atom is -0.258 e. The molecule has 0 aliphatic rings. The summed E-state index contributed by atoms with van der Waals surface area (Å²) in [5, 5.41) is 1.56. The van der Waals surface area contributed by atoms with Gasteiger partial charge in [-0.2, -0.15) is 0 Å². The highest BCUT2D eigenvalue weighted by Gasteiger charge is 1.72. The second-order valence-electron chi connectivity index (χ2n) is 1.32. The van der Waals surface area contributed by atoms with E-state index in [-0.39, 0.29) is 0 Å². The van der Waals surface area contributed by atoms with Gasteiger partial charge in [0.25, 0.3) is 0 Å². The number of aliphatic imine (C=N–C) groups is 1. The molecule has 0 amide bonds. The zero-order valence-electron chi connectivity index (χ0n) is 4.76. The predicted molar refractivity (Wildman–Crippen MR) is 44.2 cm³/mol. The molecule has 0 N–H and O–H groups in total. The Labute approximate surface area is 58.7 Å². The molecular formula is C5H7BBrN. The average molecular weight is 172 g/mol. The Morgan fingerprint density at radius 3 is 2.75 bits per heavy atom. The second kappa shape index (κ2) is 4.84. The van der Waals surface area contributed by atoms with Crippen LogP contribution in [0.25, 0.3) is 0 Å². The summed E-state index contributed by atoms with van der Waals surface area (Å²) in [6.45, 7) is 3.56. The first kappa shape index (κ1) is 7.69. The molecule has 0 fully saturated rings. The Hall–Kier alpha value is -0.305. The first-order chi connectivity index (χ1) is 3.81. The third kappa shape index (κ3) is 3.87. The maximum atomic E-state index is 3.80. The molecule has 0 saturated heterocycles. The lowest BCUT2D eigenvalue weighted by Gasteiger charge is -1.80. The fourth-order valence-electron chi connectivity index (χ4n) is 0.198. The minimum absolute atomic E-state index is 1.06. The summed E-state index contributed by atoms with van der Waals surface area (Å²) in [7, 11) is 1.94. The standard InChI is InChI=1S/C5H7BBrN/c1-2-5(6)3-8-4-7/h2-4H,1,6H2/b5-3+,8-4+. The zero-order valence-corrected chi connectivity index (χ0v) is 6.35. The van der Waals surface area contributed by atoms with E-state index in [4.69, 9.17) is 0 Å². The monoisotopic (exact) mass is 171 g/mol. The van der Waals surface area contributed by atoms with E-state index >= 15 is 0 Å². The van der Waals surface area contributed by atoms with Crippen LogP contribution < -0.4 is 0 Å². The molecule has 1 nitrogen and oxygen atoms in total. The number of hydrogen-bond acceptors (Lipinski definition) is 1. The van der Waals surface area contributed by atoms with Crippen LogP contribution in [0.1, 0.15) is 0 Å². The maximum Gasteiger partial charge on any atom is 0.141 e. The molecule has 8 heavy (non-hydrogen) atoms. The van der Waals surface area contributed by atoms with Gasteiger partial charge in [-0.1, -0.05) is 18.1 Å². The molecule has 0 atom stereocenters. The molecule has 0 aromatic heterocycles. The Balaban J connectivity index is 3.74. The van der Waals surface area contributed by atoms with Gasteiger partial charge in [0.05, 0.1) is 5.12 Å². The maximum absolute atomic E-state index is 3.80. The first-order valence-corrected chi connectivity index (χ1v) is 3.14. The first-order valence-electron chi connectivity index (χ1n) is 2.22. The summed E-state index contributed by atoms with van der Waals surface area (Å²) in [6.07, 6.45) is 3.47. The van der Waals surface area contributed by atoms with Crippen molar-refractivity contribution in [1.29, 1.82) is 0 Å². The zero-order chi connectivity index (χ0) is 6.41. The third-order valence-electron chi connectivity index (χ3n) is 0.656. The Morgan fingerprint density at radius 1 is 1.75 bits per heavy atom. The predicted octanol–water partition coefficient (Wildman–Crippen LogP) is 1.07. The number of hydrogen-bond donors (Lipinski definition) is 0. The van der Waals surface area contributed by atoms with Gasteiger partial charge in [-0.15, -0.1) is 0 Å². The fourth-order valence-corrected chi connectivity index (χ4v) is 0.317. The third-order valence-corrected chi connectivity index (χ3v) is 0.893. The number of rotatable bonds is 2. The highest BCUT2D eigenvalue weighted by molar-refractivity contribution is 9.17. The summed E-state index contributed by atoms with van der Waals surface area (Å²) in [5.74, 6) is 0. The van der Waals surface area contributed by atoms with Gasteiger partial charge >= 0.3 is 0 Å². The van der Waals surface area contributed by atoms with Crippen LogP contribution in [0.15, 0.2) is 29.3 Å². The average Bonchev–Trinajstić information content (AvgIpc) is 1.83. The lowest BCUT2D eigenvalue weighted by Crippen LogP contribution is -1.69. The van der Waals surface area contributed by atoms with E-state index in [0.717, 1.165) is 5.47 Å². The molecular weight excluding hydrogens is 165 g/mol. The fraction of sp³-hybridized carbons (Fsp3) is 0. The summed E-state index contributed by atoms with van der Waals surface area (Å²) < 4.78 is 0. The lowest BCUT2D eigenvalue weighted by atomic mass is 9.98. The van der Waals surface area contributed by atoms with Gasteiger partial charge < -0.3 is 0 Å². The summed E-state index contributed by atoms with van der Waals surface area (Å²) in [4.78, 5) is 3.80. The summed E-state index contributed by atoms with van der Waals surface area (Å²) in [5.41, 5.74) is 1.06. The molecule has 0 aliphatic carbocycles. The van der Waals surface area contributed by atoms with Gasteiger partial charge in [0.1, 0.15) is 7.85 Å². The highest BCUT2D eigenvalue weighted by atomic mass is 79.9. The quantitative estimate of drug-likeness (QED) is 0.335. The lowest BCUT2D eigenvalue weighted by molar-refractivity contribution is 1.59. The minimum atomic E-state index is 1.06. The molecule has 42 valence electrons. The molecule has 0 saturated carbocycles. The van der Waals surface area contributed by atoms with Crippen LogP contribution in [0.4, 0.5) is 0 Å². The van der Waals surface area contributed by atoms with Crippen molar-refractivity contribution in [2.75, 3.05) is 0 Å². The van der Waals surface area contributed by atoms with Crippen LogP contribution in [0.3, 0.4) is 0 Å². The van der Waals surface area contributed by atoms with Crippen molar-refractivity contribution >= 4 is 28.9 Å². The van der Waals surface area contributed by atoms with Gasteiger partial charge in [0.15, 0.2) is 0 Å². The number of nitrogens with zero attached hydrogens (tertiary/aromatic N) is 1. The summed E-state index contributed by atoms with van der Waals surface area (Å²) in [6, 6.07) is 0. The van der Waals surface area contributed by atoms with Crippen LogP contribution in [-0.4, -0.2) is 13.0 Å². The highest BCUT2D eigenvalue weighted by Crippen LogP contribution is 1.87. The van der Waals surface area contributed by atoms with E-state index < -0.39 is 0 Å². The van der Waals surface area contributed by atoms with Crippen LogP contribution in [0, 0.1) is 0 Å². The number of allylic oxidation sites excluding steroid dienone is 2. The van der Waals surface area contributed by atoms with E-state index in [1.807, 2.05) is 7.85 Å². The van der Waals surface area contributed by atoms with Crippen LogP contribution in [0.5, 0.6) is 0 Å². The molecule has 3 heteroatoms. The van der Waals surface area contributed by atoms with Crippen molar-refractivity contribution in [1.82, 2.24) is 0 Å². The normalized spacial score (nSPS) is 12.4. The van der Waals surface area contributed by atoms with Gasteiger partial charge in [0, 0.05) is 6.20 Å². The van der Waals surface area contributed by atoms with Gasteiger partial charge in [-0.3, -0.25) is 4.99 Å². The van der Waals surface area contributed by atoms with Crippen LogP contribution in [-0.2, 0) is 0 Å². The Bertz CT molecular complexity index is 128. The molecule has 0 bridgehead atoms. The molecule has 0 aromatic carbocycles. The molecule has 0 radical (unpaired) electrons. The molecule has 0 heterocycles. The van der Waals surface area contributed by atoms with Crippen molar-refractivity contribution in [2.24, 2.45) is 4.99 Å². The second-order valence-corrected chi connectivity index (χ2v) is 1.73. The SMILES string of the molecule is B/C(C=C)=C/N=C/Br. The van der Waals surface area contributed by atoms with Crippen LogP contribution >= 0.6 is 15.9 Å². The molecule has 0 aromatic rings. The number of halogens is 1. The van der Waals surface area contributed by atoms with Crippen molar-refractivity contribution in [3.05, 3.63) is 24.3 Å². The van der Waals surface area contributed by atoms with Crippen molar-refractivity contribution in [2.45, 2.75) is 0 Å². The Morgan fingerprint density at radius 2 is 2.38 bits per heavy atom. The van der Waals surface area contributed by atoms with E-state index in [1.165, 1.54) is 0 Å². The van der Waals surface area contributed by atoms with Gasteiger partial charge in [-0.25, -0.2) is 0 Å². The van der Waals surface area contributed by atoms with E-state index in [2.05, 4.69) is 27.5 Å². The van der Waals surface area contributed by atoms with Crippen molar-refractivity contribution < 1.29 is 0 Å². The van der Waals surface area contributed by atoms with E-state index in [9.17, 15) is 0 Å². The topological polar surface area (TPSA) is 12.4 Å². The van der Waals surface area contributed by atoms with Crippen molar-refractivity contribution in [3.63, 3.8) is 0 Å². The summed E-state index contributed by atoms with van der Waals surface area (Å²) >= 11 is 3.04. The smallest absolute Gasteiger partial charge is 0.141 e. The molecule has 0 aliphatic heterocycles. The van der Waals surface area contributed by atoms with Crippen molar-refractivity contribution in [3.8, 4) is 0 Å². The van der Waals surface area contributed by atoms with E-state index in [0.29, 0.717) is 0 Å².